The van der Waals surface area contributed by atoms with Crippen molar-refractivity contribution >= 4 is 10.9 Å². The normalized spacial score (nSPS) is 11.2. The predicted octanol–water partition coefficient (Wildman–Crippen LogP) is 1.55. The molecule has 0 aliphatic carbocycles. The maximum Gasteiger partial charge on any atom is 0.364 e. The molecule has 0 aliphatic rings. The number of fused-ring (bicyclic) bond motifs is 1. The van der Waals surface area contributed by atoms with E-state index in [1.807, 2.05) is 31.2 Å². The minimum Gasteiger partial charge on any atom is -0.421 e. The largest absolute Gasteiger partial charge is 0.421 e. The zero-order valence-electron chi connectivity index (χ0n) is 14.8. The van der Waals surface area contributed by atoms with Gasteiger partial charge in [0.05, 0.1) is 23.6 Å². The summed E-state index contributed by atoms with van der Waals surface area (Å²) >= 11 is 0. The van der Waals surface area contributed by atoms with Crippen molar-refractivity contribution in [3.05, 3.63) is 80.6 Å². The smallest absolute Gasteiger partial charge is 0.364 e. The van der Waals surface area contributed by atoms with Crippen molar-refractivity contribution in [3.63, 3.8) is 0 Å². The average molecular weight is 363 g/mol. The van der Waals surface area contributed by atoms with Crippen LogP contribution in [0, 0.1) is 6.92 Å². The summed E-state index contributed by atoms with van der Waals surface area (Å²) in [6.45, 7) is 2.63. The molecule has 0 fully saturated rings. The van der Waals surface area contributed by atoms with E-state index >= 15 is 0 Å². The topological polar surface area (TPSA) is 94.9 Å². The molecule has 2 aromatic carbocycles. The molecule has 8 nitrogen and oxygen atoms in total. The molecule has 2 aromatic heterocycles. The second-order valence-electron chi connectivity index (χ2n) is 6.42. The number of aromatic nitrogens is 5. The van der Waals surface area contributed by atoms with Crippen molar-refractivity contribution in [1.82, 2.24) is 24.3 Å². The van der Waals surface area contributed by atoms with E-state index in [-0.39, 0.29) is 10.1 Å². The Kier molecular flexibility index (Phi) is 3.88. The fourth-order valence-electron chi connectivity index (χ4n) is 3.08. The van der Waals surface area contributed by atoms with Gasteiger partial charge >= 0.3 is 5.69 Å². The molecule has 2 heterocycles. The summed E-state index contributed by atoms with van der Waals surface area (Å²) in [6.07, 6.45) is 1.80. The molecule has 0 radical (unpaired) electrons. The Bertz CT molecular complexity index is 1280. The molecule has 0 saturated carbocycles. The highest BCUT2D eigenvalue weighted by atomic mass is 16.5. The van der Waals surface area contributed by atoms with Crippen LogP contribution in [0.3, 0.4) is 0 Å². The maximum atomic E-state index is 12.2. The second kappa shape index (κ2) is 6.24. The number of benzene rings is 2. The first-order valence-corrected chi connectivity index (χ1v) is 8.36. The Balaban J connectivity index is 1.76. The monoisotopic (exact) mass is 363 g/mol. The molecule has 0 spiro atoms. The highest BCUT2D eigenvalue weighted by Crippen LogP contribution is 2.20. The van der Waals surface area contributed by atoms with Crippen LogP contribution in [0.1, 0.15) is 11.1 Å². The van der Waals surface area contributed by atoms with Crippen LogP contribution in [0.25, 0.3) is 22.2 Å². The fourth-order valence-corrected chi connectivity index (χ4v) is 3.08. The summed E-state index contributed by atoms with van der Waals surface area (Å²) in [4.78, 5) is 24.0. The number of rotatable bonds is 3. The van der Waals surface area contributed by atoms with Gasteiger partial charge in [0.2, 0.25) is 0 Å². The molecule has 0 atom stereocenters. The van der Waals surface area contributed by atoms with Gasteiger partial charge in [-0.2, -0.15) is 0 Å². The van der Waals surface area contributed by atoms with Crippen LogP contribution in [-0.4, -0.2) is 29.5 Å². The maximum absolute atomic E-state index is 12.2. The SMILES string of the molecule is Cc1ccccc1Cn1cc(-c2ccc3c(c2)c(=O)n(O)c(=O)n3C)nn1. The van der Waals surface area contributed by atoms with E-state index in [9.17, 15) is 14.8 Å². The molecular formula is C19H17N5O3. The van der Waals surface area contributed by atoms with Crippen LogP contribution >= 0.6 is 0 Å². The van der Waals surface area contributed by atoms with Gasteiger partial charge in [-0.1, -0.05) is 40.3 Å². The van der Waals surface area contributed by atoms with E-state index < -0.39 is 11.2 Å². The van der Waals surface area contributed by atoms with Crippen molar-refractivity contribution in [2.75, 3.05) is 0 Å². The number of nitrogens with zero attached hydrogens (tertiary/aromatic N) is 5. The Labute approximate surface area is 153 Å². The first-order chi connectivity index (χ1) is 13.0. The van der Waals surface area contributed by atoms with Crippen LogP contribution in [0.5, 0.6) is 0 Å². The first-order valence-electron chi connectivity index (χ1n) is 8.36. The third-order valence-electron chi connectivity index (χ3n) is 4.68. The van der Waals surface area contributed by atoms with Gasteiger partial charge in [-0.3, -0.25) is 9.36 Å². The van der Waals surface area contributed by atoms with Gasteiger partial charge in [0.1, 0.15) is 5.69 Å². The lowest BCUT2D eigenvalue weighted by atomic mass is 10.1. The standard InChI is InChI=1S/C19H17N5O3/c1-12-5-3-4-6-14(12)10-23-11-16(20-21-23)13-7-8-17-15(9-13)18(25)24(27)19(26)22(17)2/h3-9,11,27H,10H2,1-2H3. The molecule has 0 amide bonds. The second-order valence-corrected chi connectivity index (χ2v) is 6.42. The van der Waals surface area contributed by atoms with Crippen LogP contribution in [-0.2, 0) is 13.6 Å². The summed E-state index contributed by atoms with van der Waals surface area (Å²) in [5, 5.41) is 18.3. The van der Waals surface area contributed by atoms with Crippen molar-refractivity contribution in [2.24, 2.45) is 7.05 Å². The lowest BCUT2D eigenvalue weighted by molar-refractivity contribution is 0.158. The molecular weight excluding hydrogens is 346 g/mol. The van der Waals surface area contributed by atoms with E-state index in [2.05, 4.69) is 10.3 Å². The summed E-state index contributed by atoms with van der Waals surface area (Å²) in [5.41, 5.74) is 2.48. The summed E-state index contributed by atoms with van der Waals surface area (Å²) in [5.74, 6) is 0. The molecule has 27 heavy (non-hydrogen) atoms. The van der Waals surface area contributed by atoms with Gasteiger partial charge in [-0.25, -0.2) is 9.48 Å². The molecule has 136 valence electrons. The molecule has 0 unspecified atom stereocenters. The van der Waals surface area contributed by atoms with E-state index in [0.29, 0.717) is 23.3 Å². The van der Waals surface area contributed by atoms with Gasteiger partial charge in [-0.15, -0.1) is 5.10 Å². The van der Waals surface area contributed by atoms with Gasteiger partial charge in [-0.05, 0) is 30.2 Å². The fraction of sp³-hybridized carbons (Fsp3) is 0.158. The van der Waals surface area contributed by atoms with Crippen molar-refractivity contribution in [3.8, 4) is 11.3 Å². The van der Waals surface area contributed by atoms with Gasteiger partial charge < -0.3 is 5.21 Å². The number of hydrogen-bond donors (Lipinski definition) is 1. The van der Waals surface area contributed by atoms with E-state index in [1.54, 1.807) is 29.1 Å². The van der Waals surface area contributed by atoms with Gasteiger partial charge in [0.25, 0.3) is 5.56 Å². The van der Waals surface area contributed by atoms with Crippen molar-refractivity contribution < 1.29 is 5.21 Å². The van der Waals surface area contributed by atoms with Gasteiger partial charge in [0.15, 0.2) is 0 Å². The van der Waals surface area contributed by atoms with Crippen molar-refractivity contribution in [1.29, 1.82) is 0 Å². The molecule has 0 saturated heterocycles. The van der Waals surface area contributed by atoms with Crippen LogP contribution in [0.2, 0.25) is 0 Å². The summed E-state index contributed by atoms with van der Waals surface area (Å²) < 4.78 is 3.06. The van der Waals surface area contributed by atoms with E-state index in [1.165, 1.54) is 17.2 Å². The molecule has 1 N–H and O–H groups in total. The highest BCUT2D eigenvalue weighted by Gasteiger charge is 2.13. The van der Waals surface area contributed by atoms with Crippen LogP contribution < -0.4 is 11.2 Å². The first kappa shape index (κ1) is 16.8. The number of aryl methyl sites for hydroxylation is 2. The molecule has 0 aliphatic heterocycles. The summed E-state index contributed by atoms with van der Waals surface area (Å²) in [7, 11) is 1.50. The lowest BCUT2D eigenvalue weighted by Crippen LogP contribution is -2.37. The Morgan fingerprint density at radius 1 is 1.11 bits per heavy atom. The molecule has 4 rings (SSSR count). The quantitative estimate of drug-likeness (QED) is 0.557. The zero-order valence-corrected chi connectivity index (χ0v) is 14.8. The Hall–Kier alpha value is -3.68. The predicted molar refractivity (Wildman–Crippen MR) is 99.9 cm³/mol. The highest BCUT2D eigenvalue weighted by molar-refractivity contribution is 5.83. The summed E-state index contributed by atoms with van der Waals surface area (Å²) in [6, 6.07) is 13.1. The van der Waals surface area contributed by atoms with Crippen LogP contribution in [0.15, 0.2) is 58.3 Å². The minimum absolute atomic E-state index is 0.112. The average Bonchev–Trinajstić information content (AvgIpc) is 3.14. The third-order valence-corrected chi connectivity index (χ3v) is 4.68. The third kappa shape index (κ3) is 2.80. The number of hydrogen-bond acceptors (Lipinski definition) is 5. The zero-order chi connectivity index (χ0) is 19.1. The van der Waals surface area contributed by atoms with E-state index in [0.717, 1.165) is 5.56 Å². The molecule has 4 aromatic rings. The van der Waals surface area contributed by atoms with Crippen LogP contribution in [0.4, 0.5) is 0 Å². The Morgan fingerprint density at radius 2 is 1.89 bits per heavy atom. The Morgan fingerprint density at radius 3 is 2.67 bits per heavy atom. The molecule has 8 heteroatoms. The molecule has 0 bridgehead atoms. The van der Waals surface area contributed by atoms with Crippen molar-refractivity contribution in [2.45, 2.75) is 13.5 Å². The minimum atomic E-state index is -0.788. The van der Waals surface area contributed by atoms with Gasteiger partial charge in [0, 0.05) is 12.6 Å². The van der Waals surface area contributed by atoms with E-state index in [4.69, 9.17) is 0 Å². The lowest BCUT2D eigenvalue weighted by Gasteiger charge is -2.07.